The predicted molar refractivity (Wildman–Crippen MR) is 80.1 cm³/mol. The second kappa shape index (κ2) is 6.91. The standard InChI is InChI=1S/C16H14N2O3/c17-16(20)18(14-9-5-2-6-10-14)21-15(19)12-11-13-7-3-1-4-8-13/h1-12H,(H2,17,20). The van der Waals surface area contributed by atoms with Gasteiger partial charge in [0.05, 0.1) is 5.69 Å². The van der Waals surface area contributed by atoms with Gasteiger partial charge in [-0.1, -0.05) is 48.5 Å². The molecule has 0 heterocycles. The zero-order chi connectivity index (χ0) is 15.1. The number of primary amides is 1. The van der Waals surface area contributed by atoms with Crippen molar-refractivity contribution >= 4 is 23.8 Å². The Bertz CT molecular complexity index is 639. The van der Waals surface area contributed by atoms with E-state index in [1.165, 1.54) is 6.08 Å². The number of carbonyl (C=O) groups excluding carboxylic acids is 2. The molecule has 106 valence electrons. The van der Waals surface area contributed by atoms with Gasteiger partial charge in [-0.05, 0) is 23.8 Å². The van der Waals surface area contributed by atoms with Crippen molar-refractivity contribution < 1.29 is 14.4 Å². The molecular formula is C16H14N2O3. The van der Waals surface area contributed by atoms with Crippen molar-refractivity contribution in [2.75, 3.05) is 5.06 Å². The SMILES string of the molecule is NC(=O)N(OC(=O)C=Cc1ccccc1)c1ccccc1. The van der Waals surface area contributed by atoms with E-state index in [1.807, 2.05) is 30.3 Å². The number of hydrogen-bond donors (Lipinski definition) is 1. The molecule has 0 aromatic heterocycles. The minimum absolute atomic E-state index is 0.381. The lowest BCUT2D eigenvalue weighted by atomic mass is 10.2. The molecule has 0 spiro atoms. The molecule has 0 aliphatic rings. The van der Waals surface area contributed by atoms with Gasteiger partial charge < -0.3 is 10.6 Å². The van der Waals surface area contributed by atoms with Crippen molar-refractivity contribution in [1.82, 2.24) is 0 Å². The third-order valence-electron chi connectivity index (χ3n) is 2.58. The van der Waals surface area contributed by atoms with E-state index in [0.717, 1.165) is 10.6 Å². The average Bonchev–Trinajstić information content (AvgIpc) is 2.52. The van der Waals surface area contributed by atoms with Crippen LogP contribution in [-0.4, -0.2) is 12.0 Å². The number of benzene rings is 2. The number of rotatable bonds is 3. The van der Waals surface area contributed by atoms with Crippen molar-refractivity contribution in [2.45, 2.75) is 0 Å². The minimum atomic E-state index is -0.873. The number of urea groups is 1. The van der Waals surface area contributed by atoms with Crippen molar-refractivity contribution in [3.05, 3.63) is 72.3 Å². The minimum Gasteiger partial charge on any atom is -0.349 e. The first-order valence-electron chi connectivity index (χ1n) is 6.26. The van der Waals surface area contributed by atoms with E-state index in [4.69, 9.17) is 10.6 Å². The highest BCUT2D eigenvalue weighted by molar-refractivity contribution is 5.94. The molecule has 2 rings (SSSR count). The van der Waals surface area contributed by atoms with Gasteiger partial charge in [-0.25, -0.2) is 9.59 Å². The number of anilines is 1. The van der Waals surface area contributed by atoms with Crippen LogP contribution in [0, 0.1) is 0 Å². The average molecular weight is 282 g/mol. The molecule has 0 bridgehead atoms. The molecule has 0 unspecified atom stereocenters. The summed E-state index contributed by atoms with van der Waals surface area (Å²) >= 11 is 0. The van der Waals surface area contributed by atoms with Gasteiger partial charge >= 0.3 is 12.0 Å². The Balaban J connectivity index is 2.06. The highest BCUT2D eigenvalue weighted by atomic mass is 16.7. The summed E-state index contributed by atoms with van der Waals surface area (Å²) < 4.78 is 0. The predicted octanol–water partition coefficient (Wildman–Crippen LogP) is 2.74. The quantitative estimate of drug-likeness (QED) is 0.695. The lowest BCUT2D eigenvalue weighted by Crippen LogP contribution is -2.37. The monoisotopic (exact) mass is 282 g/mol. The van der Waals surface area contributed by atoms with E-state index < -0.39 is 12.0 Å². The Hall–Kier alpha value is -3.08. The first-order valence-corrected chi connectivity index (χ1v) is 6.26. The molecule has 0 atom stereocenters. The third-order valence-corrected chi connectivity index (χ3v) is 2.58. The van der Waals surface area contributed by atoms with Gasteiger partial charge in [0.2, 0.25) is 0 Å². The molecule has 5 heteroatoms. The summed E-state index contributed by atoms with van der Waals surface area (Å²) in [6.07, 6.45) is 2.82. The van der Waals surface area contributed by atoms with E-state index in [0.29, 0.717) is 5.69 Å². The van der Waals surface area contributed by atoms with Crippen molar-refractivity contribution in [1.29, 1.82) is 0 Å². The van der Waals surface area contributed by atoms with Crippen LogP contribution in [0.1, 0.15) is 5.56 Å². The summed E-state index contributed by atoms with van der Waals surface area (Å²) in [4.78, 5) is 28.1. The third kappa shape index (κ3) is 4.21. The highest BCUT2D eigenvalue weighted by Gasteiger charge is 2.16. The van der Waals surface area contributed by atoms with E-state index in [1.54, 1.807) is 36.4 Å². The van der Waals surface area contributed by atoms with Crippen LogP contribution in [0.5, 0.6) is 0 Å². The van der Waals surface area contributed by atoms with E-state index in [-0.39, 0.29) is 0 Å². The Kier molecular flexibility index (Phi) is 4.71. The maximum Gasteiger partial charge on any atom is 0.356 e. The topological polar surface area (TPSA) is 72.6 Å². The van der Waals surface area contributed by atoms with Crippen LogP contribution in [-0.2, 0) is 9.63 Å². The second-order valence-corrected chi connectivity index (χ2v) is 4.12. The molecule has 0 saturated carbocycles. The zero-order valence-electron chi connectivity index (χ0n) is 11.2. The van der Waals surface area contributed by atoms with E-state index in [9.17, 15) is 9.59 Å². The molecule has 5 nitrogen and oxygen atoms in total. The fraction of sp³-hybridized carbons (Fsp3) is 0. The summed E-state index contributed by atoms with van der Waals surface area (Å²) in [5, 5.41) is 0.748. The van der Waals surface area contributed by atoms with Crippen LogP contribution < -0.4 is 10.8 Å². The number of nitrogens with zero attached hydrogens (tertiary/aromatic N) is 1. The Labute approximate surface area is 122 Å². The molecule has 0 fully saturated rings. The van der Waals surface area contributed by atoms with Gasteiger partial charge in [0.15, 0.2) is 0 Å². The molecule has 0 radical (unpaired) electrons. The smallest absolute Gasteiger partial charge is 0.349 e. The van der Waals surface area contributed by atoms with E-state index in [2.05, 4.69) is 0 Å². The lowest BCUT2D eigenvalue weighted by molar-refractivity contribution is -0.137. The summed E-state index contributed by atoms with van der Waals surface area (Å²) in [6.45, 7) is 0. The second-order valence-electron chi connectivity index (χ2n) is 4.12. The van der Waals surface area contributed by atoms with Gasteiger partial charge in [-0.15, -0.1) is 5.06 Å². The summed E-state index contributed by atoms with van der Waals surface area (Å²) in [7, 11) is 0. The van der Waals surface area contributed by atoms with Crippen LogP contribution >= 0.6 is 0 Å². The van der Waals surface area contributed by atoms with Crippen LogP contribution in [0.4, 0.5) is 10.5 Å². The molecule has 0 aliphatic heterocycles. The van der Waals surface area contributed by atoms with Gasteiger partial charge in [-0.2, -0.15) is 0 Å². The fourth-order valence-corrected chi connectivity index (χ4v) is 1.64. The van der Waals surface area contributed by atoms with Crippen LogP contribution in [0.15, 0.2) is 66.7 Å². The van der Waals surface area contributed by atoms with Gasteiger partial charge in [0.1, 0.15) is 0 Å². The zero-order valence-corrected chi connectivity index (χ0v) is 11.2. The molecule has 21 heavy (non-hydrogen) atoms. The van der Waals surface area contributed by atoms with Crippen molar-refractivity contribution in [3.8, 4) is 0 Å². The number of nitrogens with two attached hydrogens (primary N) is 1. The van der Waals surface area contributed by atoms with E-state index >= 15 is 0 Å². The molecule has 2 aromatic rings. The molecule has 2 aromatic carbocycles. The molecule has 2 amide bonds. The fourth-order valence-electron chi connectivity index (χ4n) is 1.64. The highest BCUT2D eigenvalue weighted by Crippen LogP contribution is 2.13. The number of hydroxylamine groups is 1. The number of hydrogen-bond acceptors (Lipinski definition) is 3. The largest absolute Gasteiger partial charge is 0.356 e. The van der Waals surface area contributed by atoms with Crippen LogP contribution in [0.2, 0.25) is 0 Å². The summed E-state index contributed by atoms with van der Waals surface area (Å²) in [5.74, 6) is -0.693. The Morgan fingerprint density at radius 2 is 1.52 bits per heavy atom. The molecule has 0 saturated heterocycles. The summed E-state index contributed by atoms with van der Waals surface area (Å²) in [5.41, 5.74) is 6.44. The van der Waals surface area contributed by atoms with Crippen molar-refractivity contribution in [3.63, 3.8) is 0 Å². The Morgan fingerprint density at radius 3 is 2.10 bits per heavy atom. The molecule has 0 aliphatic carbocycles. The number of carbonyl (C=O) groups is 2. The number of amides is 2. The maximum absolute atomic E-state index is 11.7. The van der Waals surface area contributed by atoms with Gasteiger partial charge in [0.25, 0.3) is 0 Å². The first kappa shape index (κ1) is 14.3. The normalized spacial score (nSPS) is 10.3. The van der Waals surface area contributed by atoms with Crippen molar-refractivity contribution in [2.24, 2.45) is 5.73 Å². The first-order chi connectivity index (χ1) is 10.2. The lowest BCUT2D eigenvalue weighted by Gasteiger charge is -2.17. The maximum atomic E-state index is 11.7. The summed E-state index contributed by atoms with van der Waals surface area (Å²) in [6, 6.07) is 16.8. The van der Waals surface area contributed by atoms with Crippen LogP contribution in [0.25, 0.3) is 6.08 Å². The number of para-hydroxylation sites is 1. The molecular weight excluding hydrogens is 268 g/mol. The van der Waals surface area contributed by atoms with Gasteiger partial charge in [-0.3, -0.25) is 0 Å². The van der Waals surface area contributed by atoms with Crippen LogP contribution in [0.3, 0.4) is 0 Å². The molecule has 2 N–H and O–H groups in total. The van der Waals surface area contributed by atoms with Gasteiger partial charge in [0, 0.05) is 6.08 Å². The Morgan fingerprint density at radius 1 is 0.952 bits per heavy atom.